The second kappa shape index (κ2) is 6.69. The number of halogens is 3. The van der Waals surface area contributed by atoms with E-state index in [-0.39, 0.29) is 29.8 Å². The molecule has 1 amide bonds. The number of aliphatic carboxylic acids is 1. The van der Waals surface area contributed by atoms with Crippen molar-refractivity contribution in [2.24, 2.45) is 11.8 Å². The summed E-state index contributed by atoms with van der Waals surface area (Å²) in [6, 6.07) is 0.382. The monoisotopic (exact) mass is 380 g/mol. The van der Waals surface area contributed by atoms with E-state index in [1.807, 2.05) is 0 Å². The van der Waals surface area contributed by atoms with E-state index >= 15 is 0 Å². The van der Waals surface area contributed by atoms with Crippen LogP contribution in [0.15, 0.2) is 0 Å². The van der Waals surface area contributed by atoms with Crippen molar-refractivity contribution >= 4 is 17.8 Å². The molecule has 4 heterocycles. The third-order valence-electron chi connectivity index (χ3n) is 5.27. The fourth-order valence-corrected chi connectivity index (χ4v) is 3.85. The maximum atomic E-state index is 12.3. The lowest BCUT2D eigenvalue weighted by Gasteiger charge is -2.30. The highest BCUT2D eigenvalue weighted by Crippen LogP contribution is 2.54. The minimum absolute atomic E-state index is 0.0517. The third-order valence-corrected chi connectivity index (χ3v) is 5.27. The molecule has 0 aromatic rings. The summed E-state index contributed by atoms with van der Waals surface area (Å²) in [6.45, 7) is 1.98. The number of carbonyl (C=O) groups is 3. The Kier molecular flexibility index (Phi) is 4.86. The summed E-state index contributed by atoms with van der Waals surface area (Å²) in [4.78, 5) is 33.1. The number of hydrogen-bond acceptors (Lipinski definition) is 6. The van der Waals surface area contributed by atoms with Gasteiger partial charge >= 0.3 is 18.1 Å². The summed E-state index contributed by atoms with van der Waals surface area (Å²) in [5.41, 5.74) is -0.502. The Morgan fingerprint density at radius 2 is 2.00 bits per heavy atom. The number of rotatable bonds is 3. The first kappa shape index (κ1) is 18.9. The molecule has 0 saturated carbocycles. The smallest absolute Gasteiger partial charge is 0.475 e. The average Bonchev–Trinajstić information content (AvgIpc) is 3.15. The number of nitrogens with one attached hydrogen (secondary N) is 2. The molecule has 0 radical (unpaired) electrons. The number of carboxylic acid groups (broad SMARTS) is 1. The van der Waals surface area contributed by atoms with Gasteiger partial charge in [0, 0.05) is 12.6 Å². The Balaban J connectivity index is 0.000000242. The Hall–Kier alpha value is -1.88. The molecule has 0 aromatic heterocycles. The van der Waals surface area contributed by atoms with Gasteiger partial charge in [-0.25, -0.2) is 4.79 Å². The molecule has 5 atom stereocenters. The van der Waals surface area contributed by atoms with Crippen molar-refractivity contribution in [1.82, 2.24) is 10.6 Å². The Morgan fingerprint density at radius 1 is 1.35 bits per heavy atom. The molecule has 4 aliphatic heterocycles. The Labute approximate surface area is 146 Å². The van der Waals surface area contributed by atoms with E-state index in [9.17, 15) is 22.8 Å². The van der Waals surface area contributed by atoms with Gasteiger partial charge in [0.2, 0.25) is 5.91 Å². The molecule has 0 aliphatic carbocycles. The highest BCUT2D eigenvalue weighted by Gasteiger charge is 2.68. The van der Waals surface area contributed by atoms with Crippen molar-refractivity contribution in [3.8, 4) is 0 Å². The molecule has 3 N–H and O–H groups in total. The summed E-state index contributed by atoms with van der Waals surface area (Å²) in [5.74, 6) is -3.81. The van der Waals surface area contributed by atoms with Crippen molar-refractivity contribution in [3.63, 3.8) is 0 Å². The number of esters is 1. The summed E-state index contributed by atoms with van der Waals surface area (Å²) in [6.07, 6.45) is -2.40. The normalized spacial score (nSPS) is 37.1. The van der Waals surface area contributed by atoms with Gasteiger partial charge in [0.1, 0.15) is 18.1 Å². The molecule has 4 saturated heterocycles. The number of cyclic esters (lactones) is 1. The van der Waals surface area contributed by atoms with Gasteiger partial charge in [-0.3, -0.25) is 9.59 Å². The SMILES string of the molecule is O=C(NCC1CCN1)[C@H]1[C@H]2C(=O)OC[C@]23CC[C@H]1O3.O=C(O)C(F)(F)F. The number of ether oxygens (including phenoxy) is 2. The van der Waals surface area contributed by atoms with Crippen molar-refractivity contribution in [1.29, 1.82) is 0 Å². The van der Waals surface area contributed by atoms with E-state index in [0.29, 0.717) is 19.2 Å². The zero-order valence-corrected chi connectivity index (χ0v) is 13.7. The molecule has 8 nitrogen and oxygen atoms in total. The van der Waals surface area contributed by atoms with Crippen LogP contribution in [0, 0.1) is 11.8 Å². The summed E-state index contributed by atoms with van der Waals surface area (Å²) in [5, 5.41) is 13.3. The van der Waals surface area contributed by atoms with Crippen LogP contribution in [0.2, 0.25) is 0 Å². The van der Waals surface area contributed by atoms with Crippen molar-refractivity contribution < 1.29 is 42.1 Å². The molecule has 2 bridgehead atoms. The number of alkyl halides is 3. The van der Waals surface area contributed by atoms with E-state index < -0.39 is 17.7 Å². The molecule has 4 aliphatic rings. The number of carboxylic acids is 1. The van der Waals surface area contributed by atoms with Crippen LogP contribution in [-0.2, 0) is 23.9 Å². The van der Waals surface area contributed by atoms with Gasteiger partial charge in [0.25, 0.3) is 0 Å². The van der Waals surface area contributed by atoms with E-state index in [2.05, 4.69) is 10.6 Å². The topological polar surface area (TPSA) is 114 Å². The lowest BCUT2D eigenvalue weighted by atomic mass is 9.73. The summed E-state index contributed by atoms with van der Waals surface area (Å²) >= 11 is 0. The molecule has 26 heavy (non-hydrogen) atoms. The van der Waals surface area contributed by atoms with Gasteiger partial charge in [-0.1, -0.05) is 0 Å². The molecule has 1 unspecified atom stereocenters. The second-order valence-electron chi connectivity index (χ2n) is 6.86. The number of hydrogen-bond donors (Lipinski definition) is 3. The van der Waals surface area contributed by atoms with Crippen molar-refractivity contribution in [3.05, 3.63) is 0 Å². The first-order valence-electron chi connectivity index (χ1n) is 8.30. The van der Waals surface area contributed by atoms with E-state index in [4.69, 9.17) is 19.4 Å². The largest absolute Gasteiger partial charge is 0.490 e. The molecule has 4 rings (SSSR count). The van der Waals surface area contributed by atoms with Crippen LogP contribution in [0.1, 0.15) is 19.3 Å². The average molecular weight is 380 g/mol. The van der Waals surface area contributed by atoms with Crippen LogP contribution < -0.4 is 10.6 Å². The first-order valence-corrected chi connectivity index (χ1v) is 8.30. The van der Waals surface area contributed by atoms with Crippen LogP contribution in [0.3, 0.4) is 0 Å². The summed E-state index contributed by atoms with van der Waals surface area (Å²) < 4.78 is 42.8. The highest BCUT2D eigenvalue weighted by atomic mass is 19.4. The van der Waals surface area contributed by atoms with Crippen LogP contribution in [0.4, 0.5) is 13.2 Å². The molecular weight excluding hydrogens is 361 g/mol. The van der Waals surface area contributed by atoms with Crippen LogP contribution >= 0.6 is 0 Å². The first-order chi connectivity index (χ1) is 12.1. The Morgan fingerprint density at radius 3 is 2.54 bits per heavy atom. The molecule has 11 heteroatoms. The van der Waals surface area contributed by atoms with E-state index in [0.717, 1.165) is 25.8 Å². The number of carbonyl (C=O) groups excluding carboxylic acids is 2. The zero-order valence-electron chi connectivity index (χ0n) is 13.7. The van der Waals surface area contributed by atoms with Gasteiger partial charge in [-0.05, 0) is 25.8 Å². The second-order valence-corrected chi connectivity index (χ2v) is 6.86. The van der Waals surface area contributed by atoms with E-state index in [1.54, 1.807) is 0 Å². The summed E-state index contributed by atoms with van der Waals surface area (Å²) in [7, 11) is 0. The molecular formula is C15H19F3N2O6. The number of amides is 1. The quantitative estimate of drug-likeness (QED) is 0.582. The predicted octanol–water partition coefficient (Wildman–Crippen LogP) is -0.182. The van der Waals surface area contributed by atoms with Gasteiger partial charge in [0.05, 0.1) is 12.0 Å². The lowest BCUT2D eigenvalue weighted by Crippen LogP contribution is -2.52. The number of fused-ring (bicyclic) bond motifs is 1. The minimum Gasteiger partial charge on any atom is -0.475 e. The van der Waals surface area contributed by atoms with Crippen LogP contribution in [-0.4, -0.2) is 66.6 Å². The highest BCUT2D eigenvalue weighted by molar-refractivity contribution is 5.89. The lowest BCUT2D eigenvalue weighted by molar-refractivity contribution is -0.192. The maximum Gasteiger partial charge on any atom is 0.490 e. The standard InChI is InChI=1S/C13H18N2O4.C2HF3O2/c16-11(15-5-7-2-4-14-7)9-8-1-3-13(19-8)6-18-12(17)10(9)13;3-2(4,5)1(6)7/h7-10,14H,1-6H2,(H,15,16);(H,6,7)/t7?,8-,9-,10+,13-;/m1./s1. The maximum absolute atomic E-state index is 12.3. The van der Waals surface area contributed by atoms with Gasteiger partial charge in [-0.2, -0.15) is 13.2 Å². The molecule has 146 valence electrons. The fraction of sp³-hybridized carbons (Fsp3) is 0.800. The molecule has 0 aromatic carbocycles. The van der Waals surface area contributed by atoms with Crippen molar-refractivity contribution in [2.75, 3.05) is 19.7 Å². The van der Waals surface area contributed by atoms with Crippen LogP contribution in [0.25, 0.3) is 0 Å². The molecule has 1 spiro atoms. The zero-order chi connectivity index (χ0) is 19.1. The van der Waals surface area contributed by atoms with Crippen molar-refractivity contribution in [2.45, 2.75) is 43.2 Å². The Bertz CT molecular complexity index is 609. The van der Waals surface area contributed by atoms with E-state index in [1.165, 1.54) is 0 Å². The predicted molar refractivity (Wildman–Crippen MR) is 77.9 cm³/mol. The minimum atomic E-state index is -5.08. The molecule has 4 fully saturated rings. The van der Waals surface area contributed by atoms with Gasteiger partial charge in [0.15, 0.2) is 0 Å². The van der Waals surface area contributed by atoms with Gasteiger partial charge < -0.3 is 25.2 Å². The third kappa shape index (κ3) is 3.37. The fourth-order valence-electron chi connectivity index (χ4n) is 3.85. The van der Waals surface area contributed by atoms with Crippen LogP contribution in [0.5, 0.6) is 0 Å². The van der Waals surface area contributed by atoms with Gasteiger partial charge in [-0.15, -0.1) is 0 Å².